The number of aromatic nitrogens is 3. The summed E-state index contributed by atoms with van der Waals surface area (Å²) in [7, 11) is 4.75. The Balaban J connectivity index is 1.82. The minimum atomic E-state index is -0.562. The van der Waals surface area contributed by atoms with Crippen LogP contribution in [0.1, 0.15) is 26.7 Å². The zero-order chi connectivity index (χ0) is 18.8. The number of hydrogen-bond donors (Lipinski definition) is 1. The van der Waals surface area contributed by atoms with Crippen LogP contribution in [0.4, 0.5) is 5.82 Å². The zero-order valence-electron chi connectivity index (χ0n) is 15.1. The highest BCUT2D eigenvalue weighted by molar-refractivity contribution is 6.03. The summed E-state index contributed by atoms with van der Waals surface area (Å²) in [6.45, 7) is 2.03. The number of rotatable bonds is 4. The molecule has 2 aromatic heterocycles. The monoisotopic (exact) mass is 352 g/mol. The summed E-state index contributed by atoms with van der Waals surface area (Å²) < 4.78 is 7.92. The Labute approximate surface area is 151 Å². The van der Waals surface area contributed by atoms with Crippen LogP contribution < -0.4 is 5.32 Å². The third-order valence-electron chi connectivity index (χ3n) is 4.11. The summed E-state index contributed by atoms with van der Waals surface area (Å²) in [5.41, 5.74) is 3.66. The molecule has 1 aromatic carbocycles. The van der Waals surface area contributed by atoms with E-state index in [1.54, 1.807) is 17.8 Å². The molecular weight excluding hydrogens is 332 g/mol. The number of carbonyl (C=O) groups is 2. The lowest BCUT2D eigenvalue weighted by Crippen LogP contribution is -2.15. The zero-order valence-corrected chi connectivity index (χ0v) is 15.1. The van der Waals surface area contributed by atoms with Gasteiger partial charge >= 0.3 is 5.97 Å². The first kappa shape index (κ1) is 17.5. The number of ether oxygens (including phenoxy) is 1. The Morgan fingerprint density at radius 3 is 2.38 bits per heavy atom. The predicted octanol–water partition coefficient (Wildman–Crippen LogP) is 2.77. The average molecular weight is 352 g/mol. The molecule has 0 radical (unpaired) electrons. The molecule has 0 aliphatic carbocycles. The summed E-state index contributed by atoms with van der Waals surface area (Å²) in [6, 6.07) is 9.93. The van der Waals surface area contributed by atoms with E-state index in [0.717, 1.165) is 11.1 Å². The van der Waals surface area contributed by atoms with Crippen molar-refractivity contribution in [1.29, 1.82) is 0 Å². The molecule has 0 unspecified atom stereocenters. The summed E-state index contributed by atoms with van der Waals surface area (Å²) in [6.07, 6.45) is 3.46. The van der Waals surface area contributed by atoms with Crippen LogP contribution in [0.25, 0.3) is 11.1 Å². The van der Waals surface area contributed by atoms with E-state index in [0.29, 0.717) is 5.69 Å². The van der Waals surface area contributed by atoms with Gasteiger partial charge in [-0.1, -0.05) is 29.8 Å². The molecule has 26 heavy (non-hydrogen) atoms. The van der Waals surface area contributed by atoms with Crippen LogP contribution in [-0.4, -0.2) is 33.1 Å². The molecule has 0 bridgehead atoms. The molecule has 7 nitrogen and oxygen atoms in total. The first-order valence-corrected chi connectivity index (χ1v) is 8.05. The quantitative estimate of drug-likeness (QED) is 0.733. The van der Waals surface area contributed by atoms with E-state index >= 15 is 0 Å². The molecule has 0 atom stereocenters. The van der Waals surface area contributed by atoms with Gasteiger partial charge in [-0.25, -0.2) is 9.78 Å². The second-order valence-corrected chi connectivity index (χ2v) is 6.10. The number of hydrogen-bond acceptors (Lipinski definition) is 4. The van der Waals surface area contributed by atoms with Gasteiger partial charge in [0.1, 0.15) is 5.69 Å². The van der Waals surface area contributed by atoms with E-state index < -0.39 is 5.97 Å². The van der Waals surface area contributed by atoms with E-state index in [2.05, 4.69) is 15.0 Å². The maximum Gasteiger partial charge on any atom is 0.374 e. The van der Waals surface area contributed by atoms with E-state index in [-0.39, 0.29) is 17.5 Å². The maximum atomic E-state index is 12.6. The number of nitrogens with zero attached hydrogens (tertiary/aromatic N) is 3. The smallest absolute Gasteiger partial charge is 0.374 e. The third kappa shape index (κ3) is 3.37. The fraction of sp³-hybridized carbons (Fsp3) is 0.211. The van der Waals surface area contributed by atoms with Crippen LogP contribution >= 0.6 is 0 Å². The average Bonchev–Trinajstić information content (AvgIpc) is 3.17. The standard InChI is InChI=1S/C19H20N4O3/c1-12-5-7-13(8-6-12)14-9-15(22(2)10-14)18(24)21-16-11-23(3)17(20-16)19(25)26-4/h5-11H,1-4H3,(H,21,24). The van der Waals surface area contributed by atoms with Gasteiger partial charge in [-0.2, -0.15) is 0 Å². The summed E-state index contributed by atoms with van der Waals surface area (Å²) in [5, 5.41) is 2.71. The first-order valence-electron chi connectivity index (χ1n) is 8.05. The van der Waals surface area contributed by atoms with E-state index in [1.165, 1.54) is 17.2 Å². The number of benzene rings is 1. The minimum absolute atomic E-state index is 0.120. The fourth-order valence-electron chi connectivity index (χ4n) is 2.68. The summed E-state index contributed by atoms with van der Waals surface area (Å²) in [4.78, 5) is 28.3. The summed E-state index contributed by atoms with van der Waals surface area (Å²) in [5.74, 6) is -0.458. The Morgan fingerprint density at radius 2 is 1.73 bits per heavy atom. The van der Waals surface area contributed by atoms with Crippen LogP contribution in [0.15, 0.2) is 42.7 Å². The van der Waals surface area contributed by atoms with E-state index in [4.69, 9.17) is 0 Å². The van der Waals surface area contributed by atoms with Gasteiger partial charge in [0, 0.05) is 32.1 Å². The van der Waals surface area contributed by atoms with Crippen molar-refractivity contribution >= 4 is 17.7 Å². The number of nitrogens with one attached hydrogen (secondary N) is 1. The number of esters is 1. The highest BCUT2D eigenvalue weighted by Crippen LogP contribution is 2.23. The van der Waals surface area contributed by atoms with Gasteiger partial charge in [0.05, 0.1) is 7.11 Å². The lowest BCUT2D eigenvalue weighted by atomic mass is 10.1. The van der Waals surface area contributed by atoms with Crippen LogP contribution in [0, 0.1) is 6.92 Å². The number of aryl methyl sites for hydroxylation is 3. The van der Waals surface area contributed by atoms with Gasteiger partial charge in [0.15, 0.2) is 5.82 Å². The van der Waals surface area contributed by atoms with Gasteiger partial charge < -0.3 is 19.2 Å². The minimum Gasteiger partial charge on any atom is -0.463 e. The van der Waals surface area contributed by atoms with Crippen molar-refractivity contribution in [2.75, 3.05) is 12.4 Å². The molecule has 0 aliphatic rings. The third-order valence-corrected chi connectivity index (χ3v) is 4.11. The van der Waals surface area contributed by atoms with Crippen molar-refractivity contribution < 1.29 is 14.3 Å². The molecular formula is C19H20N4O3. The molecule has 1 N–H and O–H groups in total. The van der Waals surface area contributed by atoms with Crippen molar-refractivity contribution in [3.05, 3.63) is 59.8 Å². The lowest BCUT2D eigenvalue weighted by molar-refractivity contribution is 0.0582. The summed E-state index contributed by atoms with van der Waals surface area (Å²) >= 11 is 0. The fourth-order valence-corrected chi connectivity index (χ4v) is 2.68. The van der Waals surface area contributed by atoms with Crippen LogP contribution in [0.5, 0.6) is 0 Å². The maximum absolute atomic E-state index is 12.6. The molecule has 1 amide bonds. The number of carbonyl (C=O) groups excluding carboxylic acids is 2. The lowest BCUT2D eigenvalue weighted by Gasteiger charge is -2.02. The molecule has 0 saturated heterocycles. The van der Waals surface area contributed by atoms with Crippen LogP contribution in [0.2, 0.25) is 0 Å². The van der Waals surface area contributed by atoms with Crippen molar-refractivity contribution in [3.63, 3.8) is 0 Å². The van der Waals surface area contributed by atoms with Gasteiger partial charge in [0.25, 0.3) is 5.91 Å². The molecule has 0 saturated carbocycles. The molecule has 2 heterocycles. The molecule has 7 heteroatoms. The van der Waals surface area contributed by atoms with Gasteiger partial charge in [-0.3, -0.25) is 4.79 Å². The van der Waals surface area contributed by atoms with E-state index in [9.17, 15) is 9.59 Å². The normalized spacial score (nSPS) is 10.6. The van der Waals surface area contributed by atoms with Gasteiger partial charge in [-0.15, -0.1) is 0 Å². The number of amides is 1. The molecule has 3 aromatic rings. The second kappa shape index (κ2) is 6.87. The Bertz CT molecular complexity index is 967. The number of imidazole rings is 1. The predicted molar refractivity (Wildman–Crippen MR) is 98.1 cm³/mol. The Hall–Kier alpha value is -3.35. The SMILES string of the molecule is COC(=O)c1nc(NC(=O)c2cc(-c3ccc(C)cc3)cn2C)cn1C. The topological polar surface area (TPSA) is 78.2 Å². The van der Waals surface area contributed by atoms with Crippen LogP contribution in [0.3, 0.4) is 0 Å². The van der Waals surface area contributed by atoms with Crippen molar-refractivity contribution in [2.45, 2.75) is 6.92 Å². The van der Waals surface area contributed by atoms with E-state index in [1.807, 2.05) is 50.5 Å². The number of methoxy groups -OCH3 is 1. The largest absolute Gasteiger partial charge is 0.463 e. The van der Waals surface area contributed by atoms with Crippen LogP contribution in [-0.2, 0) is 18.8 Å². The second-order valence-electron chi connectivity index (χ2n) is 6.10. The molecule has 134 valence electrons. The van der Waals surface area contributed by atoms with Gasteiger partial charge in [0.2, 0.25) is 5.82 Å². The molecule has 0 spiro atoms. The van der Waals surface area contributed by atoms with Gasteiger partial charge in [-0.05, 0) is 18.6 Å². The molecule has 0 fully saturated rings. The highest BCUT2D eigenvalue weighted by Gasteiger charge is 2.18. The first-order chi connectivity index (χ1) is 12.4. The number of anilines is 1. The molecule has 3 rings (SSSR count). The molecule has 0 aliphatic heterocycles. The van der Waals surface area contributed by atoms with Crippen molar-refractivity contribution in [1.82, 2.24) is 14.1 Å². The van der Waals surface area contributed by atoms with Crippen molar-refractivity contribution in [3.8, 4) is 11.1 Å². The van der Waals surface area contributed by atoms with Crippen molar-refractivity contribution in [2.24, 2.45) is 14.1 Å². The Morgan fingerprint density at radius 1 is 1.04 bits per heavy atom. The highest BCUT2D eigenvalue weighted by atomic mass is 16.5. The Kier molecular flexibility index (Phi) is 4.62.